The third kappa shape index (κ3) is 5.99. The van der Waals surface area contributed by atoms with Gasteiger partial charge in [-0.15, -0.1) is 16.7 Å². The smallest absolute Gasteiger partial charge is 1.00 e. The van der Waals surface area contributed by atoms with Gasteiger partial charge in [0.15, 0.2) is 0 Å². The van der Waals surface area contributed by atoms with Crippen molar-refractivity contribution in [2.75, 3.05) is 0 Å². The Labute approximate surface area is 256 Å². The van der Waals surface area contributed by atoms with E-state index in [1.54, 1.807) is 0 Å². The Balaban J connectivity index is 0.000000767. The van der Waals surface area contributed by atoms with Gasteiger partial charge in [-0.3, -0.25) is 0 Å². The van der Waals surface area contributed by atoms with E-state index >= 15 is 0 Å². The molecule has 4 aromatic carbocycles. The molecule has 0 amide bonds. The van der Waals surface area contributed by atoms with E-state index < -0.39 is 0 Å². The minimum Gasteiger partial charge on any atom is -1.00 e. The van der Waals surface area contributed by atoms with E-state index in [1.165, 1.54) is 61.2 Å². The van der Waals surface area contributed by atoms with Crippen molar-refractivity contribution in [1.29, 1.82) is 0 Å². The van der Waals surface area contributed by atoms with E-state index in [4.69, 9.17) is 0 Å². The first-order valence-electron chi connectivity index (χ1n) is 12.4. The van der Waals surface area contributed by atoms with Crippen LogP contribution in [0.4, 0.5) is 0 Å². The molecule has 1 atom stereocenters. The number of rotatable bonds is 3. The summed E-state index contributed by atoms with van der Waals surface area (Å²) >= 11 is 0. The number of hydrogen-bond donors (Lipinski definition) is 0. The van der Waals surface area contributed by atoms with Gasteiger partial charge >= 0.3 is 26.2 Å². The summed E-state index contributed by atoms with van der Waals surface area (Å²) in [5.41, 5.74) is 15.3. The van der Waals surface area contributed by atoms with Gasteiger partial charge in [-0.1, -0.05) is 104 Å². The second-order valence-electron chi connectivity index (χ2n) is 9.38. The van der Waals surface area contributed by atoms with E-state index in [0.717, 1.165) is 22.4 Å². The molecule has 0 heterocycles. The first kappa shape index (κ1) is 31.5. The van der Waals surface area contributed by atoms with Crippen molar-refractivity contribution in [2.45, 2.75) is 45.7 Å². The zero-order valence-electron chi connectivity index (χ0n) is 21.9. The van der Waals surface area contributed by atoms with Crippen LogP contribution in [-0.4, -0.2) is 9.52 Å². The number of benzene rings is 4. The number of fused-ring (bicyclic) bond motifs is 4. The molecule has 4 heteroatoms. The van der Waals surface area contributed by atoms with Crippen LogP contribution in [0.25, 0.3) is 28.3 Å². The van der Waals surface area contributed by atoms with Crippen LogP contribution in [0, 0.1) is 13.0 Å². The first-order valence-corrected chi connectivity index (χ1v) is 14.7. The van der Waals surface area contributed by atoms with Crippen LogP contribution in [0.5, 0.6) is 0 Å². The Hall–Kier alpha value is -1.70. The quantitative estimate of drug-likeness (QED) is 0.216. The fourth-order valence-electron chi connectivity index (χ4n) is 5.47. The number of hydrogen-bond acceptors (Lipinski definition) is 0. The summed E-state index contributed by atoms with van der Waals surface area (Å²) in [6.45, 7) is 8.85. The van der Waals surface area contributed by atoms with Crippen LogP contribution < -0.4 is 24.8 Å². The Morgan fingerprint density at radius 1 is 0.838 bits per heavy atom. The molecule has 2 aliphatic rings. The molecule has 0 nitrogen and oxygen atoms in total. The van der Waals surface area contributed by atoms with Gasteiger partial charge in [-0.25, -0.2) is 0 Å². The molecule has 0 bridgehead atoms. The predicted octanol–water partition coefficient (Wildman–Crippen LogP) is 2.50. The molecule has 0 aliphatic heterocycles. The summed E-state index contributed by atoms with van der Waals surface area (Å²) in [5, 5.41) is 0. The van der Waals surface area contributed by atoms with Crippen LogP contribution in [0.2, 0.25) is 13.1 Å². The van der Waals surface area contributed by atoms with Gasteiger partial charge in [0.1, 0.15) is 0 Å². The number of halogens is 2. The van der Waals surface area contributed by atoms with E-state index in [9.17, 15) is 0 Å². The van der Waals surface area contributed by atoms with E-state index in [0.29, 0.717) is 5.92 Å². The summed E-state index contributed by atoms with van der Waals surface area (Å²) in [6, 6.07) is 32.6. The van der Waals surface area contributed by atoms with Gasteiger partial charge in [-0.05, 0) is 53.1 Å². The van der Waals surface area contributed by atoms with Crippen LogP contribution in [-0.2, 0) is 32.6 Å². The average molecular weight is 619 g/mol. The van der Waals surface area contributed by atoms with Crippen molar-refractivity contribution >= 4 is 15.6 Å². The second kappa shape index (κ2) is 13.9. The first-order chi connectivity index (χ1) is 16.7. The van der Waals surface area contributed by atoms with Crippen molar-refractivity contribution in [3.05, 3.63) is 124 Å². The molecule has 4 aromatic rings. The Kier molecular flexibility index (Phi) is 11.8. The molecule has 0 saturated carbocycles. The van der Waals surface area contributed by atoms with E-state index in [2.05, 4.69) is 118 Å². The topological polar surface area (TPSA) is 0 Å². The molecule has 0 aromatic heterocycles. The predicted molar refractivity (Wildman–Crippen MR) is 149 cm³/mol. The molecule has 2 aliphatic carbocycles. The van der Waals surface area contributed by atoms with Gasteiger partial charge in [0.05, 0.1) is 0 Å². The van der Waals surface area contributed by atoms with Crippen molar-refractivity contribution in [2.24, 2.45) is 0 Å². The average Bonchev–Trinajstić information content (AvgIpc) is 3.43. The van der Waals surface area contributed by atoms with Crippen LogP contribution in [0.1, 0.15) is 52.6 Å². The minimum absolute atomic E-state index is 0. The molecule has 37 heavy (non-hydrogen) atoms. The molecular weight excluding hydrogens is 587 g/mol. The Morgan fingerprint density at radius 2 is 1.51 bits per heavy atom. The van der Waals surface area contributed by atoms with Gasteiger partial charge < -0.3 is 24.8 Å². The molecule has 0 fully saturated rings. The molecule has 6 rings (SSSR count). The molecule has 0 spiro atoms. The Morgan fingerprint density at radius 3 is 2.22 bits per heavy atom. The number of allylic oxidation sites excluding steroid dienone is 1. The van der Waals surface area contributed by atoms with Crippen molar-refractivity contribution in [3.63, 3.8) is 0 Å². The fraction of sp³-hybridized carbons (Fsp3) is 0.212. The van der Waals surface area contributed by atoms with Crippen molar-refractivity contribution in [3.8, 4) is 22.3 Å². The SMILES string of the molecule is CCC1=Cc2c(-c3ccc(C)cc3)cccc2C1c1[c-]ccc2c1Cc1ccccc1-2.C[SiH]C.[Cl-].[Cl-].[Zr+3]. The van der Waals surface area contributed by atoms with Crippen molar-refractivity contribution in [1.82, 2.24) is 0 Å². The number of aryl methyl sites for hydroxylation is 1. The maximum atomic E-state index is 3.68. The maximum Gasteiger partial charge on any atom is 3.00 e. The van der Waals surface area contributed by atoms with Gasteiger partial charge in [0.25, 0.3) is 0 Å². The van der Waals surface area contributed by atoms with E-state index in [1.807, 2.05) is 0 Å². The van der Waals surface area contributed by atoms with Gasteiger partial charge in [0.2, 0.25) is 0 Å². The maximum absolute atomic E-state index is 3.68. The monoisotopic (exact) mass is 616 g/mol. The largest absolute Gasteiger partial charge is 3.00 e. The summed E-state index contributed by atoms with van der Waals surface area (Å²) in [6.07, 6.45) is 4.51. The fourth-order valence-corrected chi connectivity index (χ4v) is 5.47. The molecule has 0 saturated heterocycles. The minimum atomic E-state index is 0. The molecular formula is C33H32Cl2SiZr. The molecule has 186 valence electrons. The van der Waals surface area contributed by atoms with Crippen LogP contribution in [0.3, 0.4) is 0 Å². The zero-order valence-corrected chi connectivity index (χ0v) is 27.0. The summed E-state index contributed by atoms with van der Waals surface area (Å²) in [5.74, 6) is 0.301. The normalized spacial score (nSPS) is 13.8. The van der Waals surface area contributed by atoms with Crippen LogP contribution in [0.15, 0.2) is 84.4 Å². The van der Waals surface area contributed by atoms with Crippen molar-refractivity contribution < 1.29 is 51.0 Å². The molecule has 0 N–H and O–H groups in total. The molecule has 1 unspecified atom stereocenters. The van der Waals surface area contributed by atoms with Gasteiger partial charge in [0, 0.05) is 15.4 Å². The summed E-state index contributed by atoms with van der Waals surface area (Å²) < 4.78 is 0. The summed E-state index contributed by atoms with van der Waals surface area (Å²) in [7, 11) is 0.750. The van der Waals surface area contributed by atoms with Crippen LogP contribution >= 0.6 is 0 Å². The zero-order chi connectivity index (χ0) is 23.7. The Bertz CT molecular complexity index is 1380. The van der Waals surface area contributed by atoms with E-state index in [-0.39, 0.29) is 51.0 Å². The second-order valence-corrected chi connectivity index (χ2v) is 10.5. The molecule has 2 radical (unpaired) electrons. The standard InChI is InChI=1S/C31H25.C2H7Si.2ClH.Zr/c1-3-21-18-29-24(22-16-14-20(2)15-17-22)10-6-12-27(29)31(21)28-13-7-11-26-25-9-5-4-8-23(25)19-30(26)28;1-3-2;;;/h4-12,14-18,31H,3,19H2,1-2H3;3H,1-2H3;2*1H;/q-1;;;;+3/p-2. The third-order valence-electron chi connectivity index (χ3n) is 7.02. The summed E-state index contributed by atoms with van der Waals surface area (Å²) in [4.78, 5) is 0. The van der Waals surface area contributed by atoms with Gasteiger partial charge in [-0.2, -0.15) is 18.2 Å². The third-order valence-corrected chi connectivity index (χ3v) is 7.02.